The fourth-order valence-electron chi connectivity index (χ4n) is 2.87. The first-order valence-electron chi connectivity index (χ1n) is 9.07. The predicted octanol–water partition coefficient (Wildman–Crippen LogP) is 4.09. The van der Waals surface area contributed by atoms with Crippen molar-refractivity contribution < 1.29 is 27.6 Å². The average molecular weight is 432 g/mol. The number of anilines is 1. The van der Waals surface area contributed by atoms with E-state index >= 15 is 0 Å². The maximum Gasteiger partial charge on any atom is 0.416 e. The zero-order chi connectivity index (χ0) is 22.8. The summed E-state index contributed by atoms with van der Waals surface area (Å²) in [7, 11) is 2.84. The van der Waals surface area contributed by atoms with Crippen LogP contribution in [-0.4, -0.2) is 40.8 Å². The molecule has 2 aromatic carbocycles. The summed E-state index contributed by atoms with van der Waals surface area (Å²) in [6.07, 6.45) is -3.20. The van der Waals surface area contributed by atoms with E-state index in [4.69, 9.17) is 4.84 Å². The fourth-order valence-corrected chi connectivity index (χ4v) is 2.87. The van der Waals surface area contributed by atoms with Crippen LogP contribution in [0.25, 0.3) is 5.69 Å². The molecule has 1 aromatic heterocycles. The van der Waals surface area contributed by atoms with E-state index in [9.17, 15) is 22.8 Å². The topological polar surface area (TPSA) is 76.5 Å². The minimum Gasteiger partial charge on any atom is -0.322 e. The minimum absolute atomic E-state index is 0.191. The molecular formula is C21H19F3N4O3. The second-order valence-corrected chi connectivity index (χ2v) is 6.62. The molecule has 0 aliphatic carbocycles. The van der Waals surface area contributed by atoms with Gasteiger partial charge in [-0.15, -0.1) is 0 Å². The first-order chi connectivity index (χ1) is 14.6. The normalized spacial score (nSPS) is 11.3. The van der Waals surface area contributed by atoms with Crippen LogP contribution in [0.1, 0.15) is 32.0 Å². The summed E-state index contributed by atoms with van der Waals surface area (Å²) >= 11 is 0. The first kappa shape index (κ1) is 22.0. The van der Waals surface area contributed by atoms with Crippen molar-refractivity contribution in [2.45, 2.75) is 13.1 Å². The number of amides is 2. The molecule has 162 valence electrons. The molecule has 3 aromatic rings. The standard InChI is InChI=1S/C21H19F3N4O3/c1-13-18(12-25-28(13)17-6-4-5-15(11-17)21(22,23)24)19(29)26-16-9-7-14(8-10-16)20(30)27(2)31-3/h4-12H,1-3H3,(H,26,29). The number of rotatable bonds is 5. The van der Waals surface area contributed by atoms with Crippen molar-refractivity contribution in [3.8, 4) is 5.69 Å². The molecule has 10 heteroatoms. The van der Waals surface area contributed by atoms with Gasteiger partial charge >= 0.3 is 6.18 Å². The minimum atomic E-state index is -4.48. The molecule has 0 aliphatic rings. The lowest BCUT2D eigenvalue weighted by Crippen LogP contribution is -2.25. The molecule has 0 radical (unpaired) electrons. The van der Waals surface area contributed by atoms with Gasteiger partial charge in [-0.1, -0.05) is 6.07 Å². The molecular weight excluding hydrogens is 413 g/mol. The summed E-state index contributed by atoms with van der Waals surface area (Å²) in [5, 5.41) is 7.81. The van der Waals surface area contributed by atoms with E-state index in [2.05, 4.69) is 10.4 Å². The third-order valence-electron chi connectivity index (χ3n) is 4.62. The number of hydrogen-bond acceptors (Lipinski definition) is 4. The van der Waals surface area contributed by atoms with Crippen LogP contribution >= 0.6 is 0 Å². The maximum absolute atomic E-state index is 13.0. The molecule has 3 rings (SSSR count). The zero-order valence-corrected chi connectivity index (χ0v) is 16.9. The molecule has 0 bridgehead atoms. The van der Waals surface area contributed by atoms with Crippen LogP contribution in [0.4, 0.5) is 18.9 Å². The number of hydrogen-bond donors (Lipinski definition) is 1. The molecule has 0 aliphatic heterocycles. The van der Waals surface area contributed by atoms with Crippen molar-refractivity contribution in [1.29, 1.82) is 0 Å². The molecule has 0 fully saturated rings. The molecule has 0 atom stereocenters. The molecule has 0 unspecified atom stereocenters. The lowest BCUT2D eigenvalue weighted by Gasteiger charge is -2.13. The zero-order valence-electron chi connectivity index (χ0n) is 16.9. The third-order valence-corrected chi connectivity index (χ3v) is 4.62. The van der Waals surface area contributed by atoms with Crippen LogP contribution in [0.5, 0.6) is 0 Å². The van der Waals surface area contributed by atoms with Crippen molar-refractivity contribution in [2.75, 3.05) is 19.5 Å². The van der Waals surface area contributed by atoms with Crippen molar-refractivity contribution in [3.05, 3.63) is 77.1 Å². The lowest BCUT2D eigenvalue weighted by molar-refractivity contribution is -0.137. The molecule has 2 amide bonds. The largest absolute Gasteiger partial charge is 0.416 e. The lowest BCUT2D eigenvalue weighted by atomic mass is 10.1. The Morgan fingerprint density at radius 1 is 1.13 bits per heavy atom. The highest BCUT2D eigenvalue weighted by Gasteiger charge is 2.30. The van der Waals surface area contributed by atoms with E-state index in [1.807, 2.05) is 0 Å². The van der Waals surface area contributed by atoms with Gasteiger partial charge in [0.2, 0.25) is 0 Å². The second kappa shape index (κ2) is 8.60. The highest BCUT2D eigenvalue weighted by molar-refractivity contribution is 6.05. The van der Waals surface area contributed by atoms with Gasteiger partial charge in [0.25, 0.3) is 11.8 Å². The number of hydroxylamine groups is 2. The Morgan fingerprint density at radius 2 is 1.81 bits per heavy atom. The number of carbonyl (C=O) groups excluding carboxylic acids is 2. The number of aromatic nitrogens is 2. The van der Waals surface area contributed by atoms with Crippen molar-refractivity contribution in [1.82, 2.24) is 14.8 Å². The van der Waals surface area contributed by atoms with Crippen LogP contribution < -0.4 is 5.32 Å². The Kier molecular flexibility index (Phi) is 6.11. The van der Waals surface area contributed by atoms with Crippen molar-refractivity contribution in [3.63, 3.8) is 0 Å². The van der Waals surface area contributed by atoms with E-state index in [0.29, 0.717) is 16.9 Å². The summed E-state index contributed by atoms with van der Waals surface area (Å²) in [5.41, 5.74) is 0.780. The molecule has 1 N–H and O–H groups in total. The summed E-state index contributed by atoms with van der Waals surface area (Å²) < 4.78 is 40.2. The highest BCUT2D eigenvalue weighted by Crippen LogP contribution is 2.30. The van der Waals surface area contributed by atoms with E-state index in [-0.39, 0.29) is 17.2 Å². The van der Waals surface area contributed by atoms with Gasteiger partial charge in [0.15, 0.2) is 0 Å². The Hall–Kier alpha value is -3.66. The Balaban J connectivity index is 1.79. The molecule has 0 saturated heterocycles. The monoisotopic (exact) mass is 432 g/mol. The van der Waals surface area contributed by atoms with Gasteiger partial charge in [0.1, 0.15) is 0 Å². The molecule has 1 heterocycles. The van der Waals surface area contributed by atoms with E-state index < -0.39 is 17.6 Å². The van der Waals surface area contributed by atoms with Crippen molar-refractivity contribution in [2.24, 2.45) is 0 Å². The summed E-state index contributed by atoms with van der Waals surface area (Å²) in [5.74, 6) is -0.831. The molecule has 31 heavy (non-hydrogen) atoms. The van der Waals surface area contributed by atoms with Gasteiger partial charge in [-0.3, -0.25) is 14.4 Å². The van der Waals surface area contributed by atoms with Gasteiger partial charge in [-0.2, -0.15) is 18.3 Å². The van der Waals surface area contributed by atoms with Crippen LogP contribution in [0.3, 0.4) is 0 Å². The SMILES string of the molecule is CON(C)C(=O)c1ccc(NC(=O)c2cnn(-c3cccc(C(F)(F)F)c3)c2C)cc1. The number of halogens is 3. The Morgan fingerprint density at radius 3 is 2.42 bits per heavy atom. The van der Waals surface area contributed by atoms with Crippen LogP contribution in [-0.2, 0) is 11.0 Å². The van der Waals surface area contributed by atoms with Crippen LogP contribution in [0.2, 0.25) is 0 Å². The highest BCUT2D eigenvalue weighted by atomic mass is 19.4. The number of carbonyl (C=O) groups is 2. The number of nitrogens with zero attached hydrogens (tertiary/aromatic N) is 3. The van der Waals surface area contributed by atoms with Crippen LogP contribution in [0.15, 0.2) is 54.7 Å². The second-order valence-electron chi connectivity index (χ2n) is 6.62. The average Bonchev–Trinajstić information content (AvgIpc) is 3.14. The number of alkyl halides is 3. The molecule has 7 nitrogen and oxygen atoms in total. The smallest absolute Gasteiger partial charge is 0.322 e. The van der Waals surface area contributed by atoms with Gasteiger partial charge in [0, 0.05) is 18.3 Å². The Bertz CT molecular complexity index is 1110. The summed E-state index contributed by atoms with van der Waals surface area (Å²) in [6.45, 7) is 1.59. The van der Waals surface area contributed by atoms with Crippen LogP contribution in [0, 0.1) is 6.92 Å². The van der Waals surface area contributed by atoms with Gasteiger partial charge in [-0.05, 0) is 49.4 Å². The Labute approximate surface area is 176 Å². The molecule has 0 saturated carbocycles. The first-order valence-corrected chi connectivity index (χ1v) is 9.07. The quantitative estimate of drug-likeness (QED) is 0.617. The summed E-state index contributed by atoms with van der Waals surface area (Å²) in [6, 6.07) is 10.9. The predicted molar refractivity (Wildman–Crippen MR) is 107 cm³/mol. The fraction of sp³-hybridized carbons (Fsp3) is 0.190. The van der Waals surface area contributed by atoms with Gasteiger partial charge in [-0.25, -0.2) is 9.75 Å². The van der Waals surface area contributed by atoms with E-state index in [0.717, 1.165) is 17.2 Å². The van der Waals surface area contributed by atoms with Gasteiger partial charge in [0.05, 0.1) is 35.8 Å². The maximum atomic E-state index is 13.0. The number of benzene rings is 2. The number of nitrogens with one attached hydrogen (secondary N) is 1. The third kappa shape index (κ3) is 4.75. The van der Waals surface area contributed by atoms with E-state index in [1.165, 1.54) is 49.3 Å². The van der Waals surface area contributed by atoms with E-state index in [1.54, 1.807) is 19.1 Å². The van der Waals surface area contributed by atoms with Crippen molar-refractivity contribution >= 4 is 17.5 Å². The molecule has 0 spiro atoms. The summed E-state index contributed by atoms with van der Waals surface area (Å²) in [4.78, 5) is 29.5. The van der Waals surface area contributed by atoms with Gasteiger partial charge < -0.3 is 5.32 Å².